The Morgan fingerprint density at radius 1 is 1.54 bits per heavy atom. The van der Waals surface area contributed by atoms with Gasteiger partial charge in [0.25, 0.3) is 0 Å². The van der Waals surface area contributed by atoms with Crippen molar-refractivity contribution in [3.8, 4) is 0 Å². The van der Waals surface area contributed by atoms with Crippen LogP contribution >= 0.6 is 24.0 Å². The van der Waals surface area contributed by atoms with Gasteiger partial charge in [-0.3, -0.25) is 0 Å². The first-order chi connectivity index (χ1) is 6.19. The summed E-state index contributed by atoms with van der Waals surface area (Å²) in [5.41, 5.74) is 0.505. The van der Waals surface area contributed by atoms with Crippen LogP contribution in [0.15, 0.2) is 5.38 Å². The van der Waals surface area contributed by atoms with Gasteiger partial charge in [0, 0.05) is 11.1 Å². The molecule has 1 rings (SSSR count). The van der Waals surface area contributed by atoms with Gasteiger partial charge in [0.1, 0.15) is 11.1 Å². The maximum atomic E-state index is 9.47. The Labute approximate surface area is 85.3 Å². The number of thiazole rings is 1. The highest BCUT2D eigenvalue weighted by atomic mass is 32.1. The molecule has 0 amide bonds. The Balaban J connectivity index is 2.70. The molecule has 1 aromatic rings. The van der Waals surface area contributed by atoms with Crippen LogP contribution in [0.1, 0.15) is 16.8 Å². The van der Waals surface area contributed by atoms with Crippen molar-refractivity contribution in [1.82, 2.24) is 4.98 Å². The third kappa shape index (κ3) is 2.65. The fraction of sp³-hybridized carbons (Fsp3) is 0.571. The number of hydrogen-bond donors (Lipinski definition) is 4. The van der Waals surface area contributed by atoms with Gasteiger partial charge in [0.15, 0.2) is 0 Å². The molecule has 3 N–H and O–H groups in total. The lowest BCUT2D eigenvalue weighted by Gasteiger charge is -2.12. The van der Waals surface area contributed by atoms with E-state index < -0.39 is 12.2 Å². The lowest BCUT2D eigenvalue weighted by atomic mass is 10.2. The van der Waals surface area contributed by atoms with Crippen molar-refractivity contribution in [2.24, 2.45) is 0 Å². The van der Waals surface area contributed by atoms with Crippen molar-refractivity contribution in [3.05, 3.63) is 16.1 Å². The largest absolute Gasteiger partial charge is 0.390 e. The first-order valence-electron chi connectivity index (χ1n) is 3.71. The first-order valence-corrected chi connectivity index (χ1v) is 5.22. The van der Waals surface area contributed by atoms with E-state index in [-0.39, 0.29) is 12.4 Å². The monoisotopic (exact) mass is 221 g/mol. The van der Waals surface area contributed by atoms with Crippen LogP contribution in [0.3, 0.4) is 0 Å². The zero-order chi connectivity index (χ0) is 9.84. The average molecular weight is 221 g/mol. The number of nitrogens with zero attached hydrogens (tertiary/aromatic N) is 1. The van der Waals surface area contributed by atoms with Crippen LogP contribution in [0.2, 0.25) is 0 Å². The van der Waals surface area contributed by atoms with Crippen LogP contribution in [-0.4, -0.2) is 32.2 Å². The minimum absolute atomic E-state index is 0.153. The highest BCUT2D eigenvalue weighted by Crippen LogP contribution is 2.21. The number of aliphatic hydroxyl groups is 3. The van der Waals surface area contributed by atoms with Crippen LogP contribution in [-0.2, 0) is 6.61 Å². The molecule has 0 aromatic carbocycles. The average Bonchev–Trinajstić information content (AvgIpc) is 2.63. The molecule has 0 saturated heterocycles. The molecule has 1 heterocycles. The molecule has 0 aliphatic heterocycles. The molecular formula is C7H11NO3S2. The highest BCUT2D eigenvalue weighted by molar-refractivity contribution is 7.80. The van der Waals surface area contributed by atoms with E-state index in [2.05, 4.69) is 17.6 Å². The van der Waals surface area contributed by atoms with E-state index in [4.69, 9.17) is 5.11 Å². The number of aromatic nitrogens is 1. The lowest BCUT2D eigenvalue weighted by molar-refractivity contribution is 0.0334. The molecule has 0 spiro atoms. The zero-order valence-electron chi connectivity index (χ0n) is 6.79. The van der Waals surface area contributed by atoms with Gasteiger partial charge in [-0.2, -0.15) is 12.6 Å². The topological polar surface area (TPSA) is 73.6 Å². The van der Waals surface area contributed by atoms with E-state index in [1.807, 2.05) is 0 Å². The van der Waals surface area contributed by atoms with E-state index >= 15 is 0 Å². The Hall–Kier alpha value is -0.140. The van der Waals surface area contributed by atoms with Crippen molar-refractivity contribution in [2.45, 2.75) is 18.8 Å². The van der Waals surface area contributed by atoms with Crippen LogP contribution in [0.5, 0.6) is 0 Å². The summed E-state index contributed by atoms with van der Waals surface area (Å²) in [6.07, 6.45) is -1.93. The molecule has 4 nitrogen and oxygen atoms in total. The second-order valence-corrected chi connectivity index (χ2v) is 3.78. The molecule has 13 heavy (non-hydrogen) atoms. The highest BCUT2D eigenvalue weighted by Gasteiger charge is 2.19. The molecule has 2 unspecified atom stereocenters. The van der Waals surface area contributed by atoms with Gasteiger partial charge >= 0.3 is 0 Å². The molecule has 6 heteroatoms. The van der Waals surface area contributed by atoms with Crippen LogP contribution in [0.25, 0.3) is 0 Å². The Kier molecular flexibility index (Phi) is 4.14. The molecule has 1 aromatic heterocycles. The van der Waals surface area contributed by atoms with Gasteiger partial charge in [0.05, 0.1) is 18.4 Å². The van der Waals surface area contributed by atoms with Crippen molar-refractivity contribution >= 4 is 24.0 Å². The smallest absolute Gasteiger partial charge is 0.132 e. The summed E-state index contributed by atoms with van der Waals surface area (Å²) in [7, 11) is 0. The molecule has 0 aliphatic rings. The first kappa shape index (κ1) is 10.9. The third-order valence-electron chi connectivity index (χ3n) is 1.54. The molecule has 0 radical (unpaired) electrons. The van der Waals surface area contributed by atoms with Crippen LogP contribution < -0.4 is 0 Å². The van der Waals surface area contributed by atoms with Crippen LogP contribution in [0.4, 0.5) is 0 Å². The second-order valence-electron chi connectivity index (χ2n) is 2.53. The molecule has 0 bridgehead atoms. The van der Waals surface area contributed by atoms with Gasteiger partial charge in [0.2, 0.25) is 0 Å². The number of thiol groups is 1. The SMILES string of the molecule is OCc1csc(C(O)C(O)CS)n1. The predicted octanol–water partition coefficient (Wildman–Crippen LogP) is -0.0405. The zero-order valence-corrected chi connectivity index (χ0v) is 8.50. The van der Waals surface area contributed by atoms with E-state index in [9.17, 15) is 10.2 Å². The summed E-state index contributed by atoms with van der Waals surface area (Å²) in [5.74, 6) is 0.176. The predicted molar refractivity (Wildman–Crippen MR) is 52.9 cm³/mol. The van der Waals surface area contributed by atoms with Crippen LogP contribution in [0, 0.1) is 0 Å². The Morgan fingerprint density at radius 2 is 2.23 bits per heavy atom. The second kappa shape index (κ2) is 4.92. The fourth-order valence-corrected chi connectivity index (χ4v) is 1.85. The molecule has 0 fully saturated rings. The van der Waals surface area contributed by atoms with E-state index in [0.29, 0.717) is 10.7 Å². The van der Waals surface area contributed by atoms with Crippen molar-refractivity contribution in [1.29, 1.82) is 0 Å². The van der Waals surface area contributed by atoms with Gasteiger partial charge in [-0.25, -0.2) is 4.98 Å². The summed E-state index contributed by atoms with van der Waals surface area (Å²) in [5, 5.41) is 29.5. The molecule has 2 atom stereocenters. The molecule has 0 saturated carbocycles. The number of rotatable bonds is 4. The Morgan fingerprint density at radius 3 is 2.69 bits per heavy atom. The number of hydrogen-bond acceptors (Lipinski definition) is 6. The summed E-state index contributed by atoms with van der Waals surface area (Å²) < 4.78 is 0. The molecular weight excluding hydrogens is 210 g/mol. The van der Waals surface area contributed by atoms with E-state index in [1.54, 1.807) is 5.38 Å². The summed E-state index contributed by atoms with van der Waals surface area (Å²) in [4.78, 5) is 3.92. The minimum Gasteiger partial charge on any atom is -0.390 e. The summed E-state index contributed by atoms with van der Waals surface area (Å²) in [6.45, 7) is -0.153. The van der Waals surface area contributed by atoms with Crippen molar-refractivity contribution < 1.29 is 15.3 Å². The van der Waals surface area contributed by atoms with E-state index in [1.165, 1.54) is 11.3 Å². The quantitative estimate of drug-likeness (QED) is 0.538. The molecule has 74 valence electrons. The minimum atomic E-state index is -1.01. The third-order valence-corrected chi connectivity index (χ3v) is 2.87. The summed E-state index contributed by atoms with van der Waals surface area (Å²) in [6, 6.07) is 0. The summed E-state index contributed by atoms with van der Waals surface area (Å²) >= 11 is 5.06. The maximum absolute atomic E-state index is 9.47. The number of aliphatic hydroxyl groups excluding tert-OH is 3. The maximum Gasteiger partial charge on any atom is 0.132 e. The van der Waals surface area contributed by atoms with Gasteiger partial charge in [-0.15, -0.1) is 11.3 Å². The molecule has 0 aliphatic carbocycles. The Bertz CT molecular complexity index is 266. The lowest BCUT2D eigenvalue weighted by Crippen LogP contribution is -2.19. The van der Waals surface area contributed by atoms with Crippen molar-refractivity contribution in [3.63, 3.8) is 0 Å². The fourth-order valence-electron chi connectivity index (χ4n) is 0.796. The normalized spacial score (nSPS) is 15.7. The standard InChI is InChI=1S/C7H11NO3S2/c9-1-4-3-13-7(8-4)6(11)5(10)2-12/h3,5-6,9-12H,1-2H2. The van der Waals surface area contributed by atoms with Gasteiger partial charge in [-0.05, 0) is 0 Å². The van der Waals surface area contributed by atoms with Gasteiger partial charge in [-0.1, -0.05) is 0 Å². The van der Waals surface area contributed by atoms with E-state index in [0.717, 1.165) is 0 Å². The van der Waals surface area contributed by atoms with Crippen molar-refractivity contribution in [2.75, 3.05) is 5.75 Å². The van der Waals surface area contributed by atoms with Gasteiger partial charge < -0.3 is 15.3 Å².